The number of halogens is 1. The average Bonchev–Trinajstić information content (AvgIpc) is 2.58. The Hall–Kier alpha value is -1.61. The Labute approximate surface area is 142 Å². The Balaban J connectivity index is 1.81. The van der Waals surface area contributed by atoms with Crippen LogP contribution in [0.3, 0.4) is 0 Å². The summed E-state index contributed by atoms with van der Waals surface area (Å²) < 4.78 is 5.83. The van der Waals surface area contributed by atoms with E-state index in [1.54, 1.807) is 11.9 Å². The lowest BCUT2D eigenvalue weighted by Crippen LogP contribution is -2.40. The number of hydrogen-bond acceptors (Lipinski definition) is 4. The molecule has 1 aromatic carbocycles. The highest BCUT2D eigenvalue weighted by Crippen LogP contribution is 2.23. The van der Waals surface area contributed by atoms with E-state index in [-0.39, 0.29) is 12.0 Å². The largest absolute Gasteiger partial charge is 0.371 e. The average molecular weight is 336 g/mol. The molecule has 0 spiro atoms. The van der Waals surface area contributed by atoms with Crippen molar-refractivity contribution in [3.05, 3.63) is 34.9 Å². The lowest BCUT2D eigenvalue weighted by Gasteiger charge is -2.33. The number of nitrogens with zero attached hydrogens (tertiary/aromatic N) is 3. The maximum absolute atomic E-state index is 12.0. The molecule has 1 heterocycles. The number of nitriles is 1. The zero-order valence-corrected chi connectivity index (χ0v) is 14.1. The lowest BCUT2D eigenvalue weighted by molar-refractivity contribution is -0.130. The number of carbonyl (C=O) groups excluding carboxylic acids is 1. The number of rotatable bonds is 6. The molecule has 1 unspecified atom stereocenters. The summed E-state index contributed by atoms with van der Waals surface area (Å²) in [5.74, 6) is 0.0785. The molecule has 1 amide bonds. The maximum atomic E-state index is 12.0. The van der Waals surface area contributed by atoms with Gasteiger partial charge >= 0.3 is 0 Å². The van der Waals surface area contributed by atoms with Crippen LogP contribution in [0.4, 0.5) is 0 Å². The van der Waals surface area contributed by atoms with Crippen LogP contribution >= 0.6 is 11.6 Å². The van der Waals surface area contributed by atoms with Crippen LogP contribution in [0.5, 0.6) is 0 Å². The SMILES string of the molecule is CN(CCC#N)C(=O)CCN1CCOC(c2ccc(Cl)cc2)C1. The molecule has 124 valence electrons. The van der Waals surface area contributed by atoms with Gasteiger partial charge in [-0.25, -0.2) is 0 Å². The van der Waals surface area contributed by atoms with Crippen molar-refractivity contribution in [2.24, 2.45) is 0 Å². The molecule has 0 bridgehead atoms. The van der Waals surface area contributed by atoms with E-state index in [9.17, 15) is 4.79 Å². The molecule has 1 saturated heterocycles. The number of amides is 1. The van der Waals surface area contributed by atoms with Crippen LogP contribution in [0.25, 0.3) is 0 Å². The predicted molar refractivity (Wildman–Crippen MR) is 89.1 cm³/mol. The fraction of sp³-hybridized carbons (Fsp3) is 0.529. The summed E-state index contributed by atoms with van der Waals surface area (Å²) in [7, 11) is 1.75. The molecule has 0 aromatic heterocycles. The van der Waals surface area contributed by atoms with Crippen molar-refractivity contribution in [2.45, 2.75) is 18.9 Å². The van der Waals surface area contributed by atoms with Crippen LogP contribution in [-0.2, 0) is 9.53 Å². The molecule has 1 aliphatic heterocycles. The highest BCUT2D eigenvalue weighted by atomic mass is 35.5. The van der Waals surface area contributed by atoms with Crippen molar-refractivity contribution in [3.63, 3.8) is 0 Å². The number of carbonyl (C=O) groups is 1. The normalized spacial score (nSPS) is 18.4. The molecular formula is C17H22ClN3O2. The van der Waals surface area contributed by atoms with Crippen LogP contribution in [0.15, 0.2) is 24.3 Å². The minimum absolute atomic E-state index is 0.0208. The van der Waals surface area contributed by atoms with Gasteiger partial charge in [-0.2, -0.15) is 5.26 Å². The smallest absolute Gasteiger partial charge is 0.223 e. The van der Waals surface area contributed by atoms with Gasteiger partial charge in [0.25, 0.3) is 0 Å². The molecule has 0 radical (unpaired) electrons. The molecule has 0 saturated carbocycles. The number of ether oxygens (including phenoxy) is 1. The van der Waals surface area contributed by atoms with E-state index in [2.05, 4.69) is 11.0 Å². The van der Waals surface area contributed by atoms with E-state index >= 15 is 0 Å². The van der Waals surface area contributed by atoms with Crippen LogP contribution in [-0.4, -0.2) is 55.5 Å². The van der Waals surface area contributed by atoms with Crippen molar-refractivity contribution in [1.29, 1.82) is 5.26 Å². The second-order valence-corrected chi connectivity index (χ2v) is 6.12. The number of hydrogen-bond donors (Lipinski definition) is 0. The van der Waals surface area contributed by atoms with Crippen molar-refractivity contribution >= 4 is 17.5 Å². The molecule has 1 fully saturated rings. The Bertz CT molecular complexity index is 556. The van der Waals surface area contributed by atoms with E-state index in [4.69, 9.17) is 21.6 Å². The topological polar surface area (TPSA) is 56.6 Å². The summed E-state index contributed by atoms with van der Waals surface area (Å²) >= 11 is 5.92. The lowest BCUT2D eigenvalue weighted by atomic mass is 10.1. The first-order valence-electron chi connectivity index (χ1n) is 7.80. The summed E-state index contributed by atoms with van der Waals surface area (Å²) in [5.41, 5.74) is 1.11. The first-order chi connectivity index (χ1) is 11.1. The second-order valence-electron chi connectivity index (χ2n) is 5.68. The monoisotopic (exact) mass is 335 g/mol. The quantitative estimate of drug-likeness (QED) is 0.801. The summed E-state index contributed by atoms with van der Waals surface area (Å²) in [6.07, 6.45) is 0.862. The second kappa shape index (κ2) is 8.88. The van der Waals surface area contributed by atoms with Crippen LogP contribution in [0.1, 0.15) is 24.5 Å². The summed E-state index contributed by atoms with van der Waals surface area (Å²) in [6.45, 7) is 3.47. The highest BCUT2D eigenvalue weighted by Gasteiger charge is 2.22. The van der Waals surface area contributed by atoms with Crippen LogP contribution in [0, 0.1) is 11.3 Å². The van der Waals surface area contributed by atoms with Gasteiger partial charge in [0.15, 0.2) is 0 Å². The van der Waals surface area contributed by atoms with E-state index in [0.717, 1.165) is 18.7 Å². The van der Waals surface area contributed by atoms with Gasteiger partial charge in [-0.05, 0) is 17.7 Å². The zero-order valence-electron chi connectivity index (χ0n) is 13.4. The van der Waals surface area contributed by atoms with E-state index in [1.165, 1.54) is 0 Å². The third-order valence-corrected chi connectivity index (χ3v) is 4.27. The van der Waals surface area contributed by atoms with Crippen molar-refractivity contribution in [3.8, 4) is 6.07 Å². The third kappa shape index (κ3) is 5.51. The third-order valence-electron chi connectivity index (χ3n) is 4.02. The molecule has 6 heteroatoms. The summed E-state index contributed by atoms with van der Waals surface area (Å²) in [4.78, 5) is 15.9. The summed E-state index contributed by atoms with van der Waals surface area (Å²) in [5, 5.41) is 9.28. The van der Waals surface area contributed by atoms with Crippen molar-refractivity contribution < 1.29 is 9.53 Å². The van der Waals surface area contributed by atoms with Gasteiger partial charge in [-0.1, -0.05) is 23.7 Å². The zero-order chi connectivity index (χ0) is 16.7. The van der Waals surface area contributed by atoms with Crippen LogP contribution < -0.4 is 0 Å². The van der Waals surface area contributed by atoms with Gasteiger partial charge in [-0.15, -0.1) is 0 Å². The molecule has 0 aliphatic carbocycles. The first-order valence-corrected chi connectivity index (χ1v) is 8.18. The number of morpholine rings is 1. The molecule has 5 nitrogen and oxygen atoms in total. The number of benzene rings is 1. The van der Waals surface area contributed by atoms with Gasteiger partial charge in [0.2, 0.25) is 5.91 Å². The van der Waals surface area contributed by atoms with Crippen molar-refractivity contribution in [1.82, 2.24) is 9.80 Å². The van der Waals surface area contributed by atoms with E-state index in [1.807, 2.05) is 24.3 Å². The minimum atomic E-state index is 0.0208. The van der Waals surface area contributed by atoms with E-state index < -0.39 is 0 Å². The molecule has 23 heavy (non-hydrogen) atoms. The Morgan fingerprint density at radius 2 is 2.22 bits per heavy atom. The molecule has 0 N–H and O–H groups in total. The standard InChI is InChI=1S/C17H22ClN3O2/c1-20(9-2-8-19)17(22)7-10-21-11-12-23-16(13-21)14-3-5-15(18)6-4-14/h3-6,16H,2,7,9-13H2,1H3. The van der Waals surface area contributed by atoms with Gasteiger partial charge in [0.05, 0.1) is 25.2 Å². The molecule has 1 atom stereocenters. The van der Waals surface area contributed by atoms with Gasteiger partial charge in [0, 0.05) is 44.7 Å². The fourth-order valence-electron chi connectivity index (χ4n) is 2.57. The van der Waals surface area contributed by atoms with Crippen molar-refractivity contribution in [2.75, 3.05) is 39.8 Å². The Kier molecular flexibility index (Phi) is 6.85. The van der Waals surface area contributed by atoms with Gasteiger partial charge in [-0.3, -0.25) is 9.69 Å². The molecule has 1 aromatic rings. The van der Waals surface area contributed by atoms with Crippen LogP contribution in [0.2, 0.25) is 5.02 Å². The van der Waals surface area contributed by atoms with Gasteiger partial charge < -0.3 is 9.64 Å². The predicted octanol–water partition coefficient (Wildman–Crippen LogP) is 2.48. The van der Waals surface area contributed by atoms with E-state index in [0.29, 0.717) is 37.6 Å². The highest BCUT2D eigenvalue weighted by molar-refractivity contribution is 6.30. The Morgan fingerprint density at radius 1 is 1.48 bits per heavy atom. The maximum Gasteiger partial charge on any atom is 0.223 e. The first kappa shape index (κ1) is 17.7. The fourth-order valence-corrected chi connectivity index (χ4v) is 2.70. The molecule has 2 rings (SSSR count). The minimum Gasteiger partial charge on any atom is -0.371 e. The summed E-state index contributed by atoms with van der Waals surface area (Å²) in [6, 6.07) is 9.76. The Morgan fingerprint density at radius 3 is 2.91 bits per heavy atom. The van der Waals surface area contributed by atoms with Gasteiger partial charge in [0.1, 0.15) is 0 Å². The molecule has 1 aliphatic rings. The molecular weight excluding hydrogens is 314 g/mol.